The Morgan fingerprint density at radius 2 is 2.50 bits per heavy atom. The first kappa shape index (κ1) is 11.9. The molecule has 1 aliphatic heterocycles. The number of thioether (sulfide) groups is 1. The van der Waals surface area contributed by atoms with Crippen LogP contribution in [-0.4, -0.2) is 36.5 Å². The highest BCUT2D eigenvalue weighted by atomic mass is 32.2. The van der Waals surface area contributed by atoms with Crippen LogP contribution in [0.25, 0.3) is 0 Å². The summed E-state index contributed by atoms with van der Waals surface area (Å²) in [7, 11) is 0. The first-order valence-electron chi connectivity index (χ1n) is 5.25. The van der Waals surface area contributed by atoms with Crippen molar-refractivity contribution in [2.24, 2.45) is 0 Å². The monoisotopic (exact) mass is 216 g/mol. The molecule has 2 atom stereocenters. The molecule has 2 N–H and O–H groups in total. The SMILES string of the molecule is CS[C@@H](C)CNC(=O)C[C@H]1CCCN1. The lowest BCUT2D eigenvalue weighted by atomic mass is 10.1. The van der Waals surface area contributed by atoms with E-state index in [4.69, 9.17) is 0 Å². The van der Waals surface area contributed by atoms with Crippen LogP contribution in [0.3, 0.4) is 0 Å². The first-order chi connectivity index (χ1) is 6.72. The van der Waals surface area contributed by atoms with Gasteiger partial charge in [0.1, 0.15) is 0 Å². The van der Waals surface area contributed by atoms with Crippen LogP contribution in [0.15, 0.2) is 0 Å². The zero-order valence-electron chi connectivity index (χ0n) is 9.01. The highest BCUT2D eigenvalue weighted by Crippen LogP contribution is 2.08. The second kappa shape index (κ2) is 6.30. The van der Waals surface area contributed by atoms with Gasteiger partial charge in [-0.3, -0.25) is 4.79 Å². The first-order valence-corrected chi connectivity index (χ1v) is 6.54. The van der Waals surface area contributed by atoms with E-state index in [1.54, 1.807) is 11.8 Å². The molecule has 0 aliphatic carbocycles. The third kappa shape index (κ3) is 4.33. The Morgan fingerprint density at radius 1 is 1.71 bits per heavy atom. The molecular formula is C10H20N2OS. The van der Waals surface area contributed by atoms with Gasteiger partial charge in [-0.25, -0.2) is 0 Å². The molecule has 1 saturated heterocycles. The molecule has 0 saturated carbocycles. The minimum Gasteiger partial charge on any atom is -0.355 e. The van der Waals surface area contributed by atoms with Gasteiger partial charge >= 0.3 is 0 Å². The predicted molar refractivity (Wildman–Crippen MR) is 61.6 cm³/mol. The lowest BCUT2D eigenvalue weighted by Crippen LogP contribution is -2.34. The van der Waals surface area contributed by atoms with E-state index in [1.807, 2.05) is 0 Å². The molecule has 14 heavy (non-hydrogen) atoms. The Morgan fingerprint density at radius 3 is 3.07 bits per heavy atom. The smallest absolute Gasteiger partial charge is 0.221 e. The minimum atomic E-state index is 0.185. The summed E-state index contributed by atoms with van der Waals surface area (Å²) in [6.07, 6.45) is 5.06. The van der Waals surface area contributed by atoms with E-state index in [0.717, 1.165) is 19.5 Å². The second-order valence-corrected chi connectivity index (χ2v) is 5.12. The maximum absolute atomic E-state index is 11.5. The molecule has 4 heteroatoms. The predicted octanol–water partition coefficient (Wildman–Crippen LogP) is 0.996. The van der Waals surface area contributed by atoms with Crippen LogP contribution in [-0.2, 0) is 4.79 Å². The van der Waals surface area contributed by atoms with Crippen molar-refractivity contribution in [3.63, 3.8) is 0 Å². The van der Waals surface area contributed by atoms with Crippen LogP contribution in [0.5, 0.6) is 0 Å². The summed E-state index contributed by atoms with van der Waals surface area (Å²) in [6, 6.07) is 0.416. The fraction of sp³-hybridized carbons (Fsp3) is 0.900. The molecule has 1 heterocycles. The molecule has 0 aromatic rings. The fourth-order valence-corrected chi connectivity index (χ4v) is 1.82. The van der Waals surface area contributed by atoms with Crippen LogP contribution in [0.2, 0.25) is 0 Å². The van der Waals surface area contributed by atoms with Crippen LogP contribution in [0, 0.1) is 0 Å². The number of carbonyl (C=O) groups is 1. The molecule has 3 nitrogen and oxygen atoms in total. The maximum atomic E-state index is 11.5. The average Bonchev–Trinajstić information content (AvgIpc) is 2.66. The van der Waals surface area contributed by atoms with Gasteiger partial charge in [0, 0.05) is 24.3 Å². The van der Waals surface area contributed by atoms with Crippen molar-refractivity contribution in [3.8, 4) is 0 Å². The Hall–Kier alpha value is -0.220. The van der Waals surface area contributed by atoms with Gasteiger partial charge in [-0.15, -0.1) is 0 Å². The zero-order valence-corrected chi connectivity index (χ0v) is 9.82. The Kier molecular flexibility index (Phi) is 5.33. The van der Waals surface area contributed by atoms with Gasteiger partial charge in [0.15, 0.2) is 0 Å². The van der Waals surface area contributed by atoms with Crippen LogP contribution >= 0.6 is 11.8 Å². The van der Waals surface area contributed by atoms with Crippen molar-refractivity contribution in [2.75, 3.05) is 19.3 Å². The van der Waals surface area contributed by atoms with Crippen LogP contribution < -0.4 is 10.6 Å². The zero-order chi connectivity index (χ0) is 10.4. The summed E-state index contributed by atoms with van der Waals surface area (Å²) in [6.45, 7) is 3.98. The molecule has 0 radical (unpaired) electrons. The van der Waals surface area contributed by atoms with Crippen molar-refractivity contribution in [3.05, 3.63) is 0 Å². The van der Waals surface area contributed by atoms with E-state index in [1.165, 1.54) is 6.42 Å². The van der Waals surface area contributed by atoms with Gasteiger partial charge in [0.2, 0.25) is 5.91 Å². The minimum absolute atomic E-state index is 0.185. The largest absolute Gasteiger partial charge is 0.355 e. The van der Waals surface area contributed by atoms with Gasteiger partial charge < -0.3 is 10.6 Å². The Labute approximate surface area is 90.4 Å². The second-order valence-electron chi connectivity index (χ2n) is 3.85. The summed E-state index contributed by atoms with van der Waals surface area (Å²) < 4.78 is 0. The number of amides is 1. The normalized spacial score (nSPS) is 23.4. The van der Waals surface area contributed by atoms with Gasteiger partial charge in [-0.05, 0) is 25.6 Å². The van der Waals surface area contributed by atoms with E-state index in [0.29, 0.717) is 17.7 Å². The quantitative estimate of drug-likeness (QED) is 0.720. The van der Waals surface area contributed by atoms with Gasteiger partial charge in [0.05, 0.1) is 0 Å². The van der Waals surface area contributed by atoms with Crippen LogP contribution in [0.1, 0.15) is 26.2 Å². The molecular weight excluding hydrogens is 196 g/mol. The molecule has 1 aliphatic rings. The molecule has 0 bridgehead atoms. The number of hydrogen-bond acceptors (Lipinski definition) is 3. The van der Waals surface area contributed by atoms with E-state index >= 15 is 0 Å². The molecule has 1 rings (SSSR count). The van der Waals surface area contributed by atoms with Gasteiger partial charge in [-0.2, -0.15) is 11.8 Å². The summed E-state index contributed by atoms with van der Waals surface area (Å²) in [5.74, 6) is 0.185. The molecule has 0 aromatic heterocycles. The van der Waals surface area contributed by atoms with E-state index in [9.17, 15) is 4.79 Å². The van der Waals surface area contributed by atoms with Gasteiger partial charge in [0.25, 0.3) is 0 Å². The number of nitrogens with one attached hydrogen (secondary N) is 2. The summed E-state index contributed by atoms with van der Waals surface area (Å²) in [5.41, 5.74) is 0. The lowest BCUT2D eigenvalue weighted by Gasteiger charge is -2.12. The summed E-state index contributed by atoms with van der Waals surface area (Å²) in [4.78, 5) is 11.5. The van der Waals surface area contributed by atoms with Crippen molar-refractivity contribution in [2.45, 2.75) is 37.5 Å². The molecule has 1 fully saturated rings. The molecule has 0 spiro atoms. The average molecular weight is 216 g/mol. The molecule has 1 amide bonds. The summed E-state index contributed by atoms with van der Waals surface area (Å²) in [5, 5.41) is 6.79. The highest BCUT2D eigenvalue weighted by Gasteiger charge is 2.17. The molecule has 82 valence electrons. The standard InChI is InChI=1S/C10H20N2OS/c1-8(14-2)7-12-10(13)6-9-4-3-5-11-9/h8-9,11H,3-7H2,1-2H3,(H,12,13)/t8-,9+/m0/s1. The lowest BCUT2D eigenvalue weighted by molar-refractivity contribution is -0.121. The Bertz CT molecular complexity index is 181. The highest BCUT2D eigenvalue weighted by molar-refractivity contribution is 7.99. The van der Waals surface area contributed by atoms with Crippen molar-refractivity contribution in [1.82, 2.24) is 10.6 Å². The maximum Gasteiger partial charge on any atom is 0.221 e. The fourth-order valence-electron chi connectivity index (χ4n) is 1.57. The van der Waals surface area contributed by atoms with E-state index in [-0.39, 0.29) is 5.91 Å². The van der Waals surface area contributed by atoms with Gasteiger partial charge in [-0.1, -0.05) is 6.92 Å². The van der Waals surface area contributed by atoms with Crippen molar-refractivity contribution >= 4 is 17.7 Å². The number of carbonyl (C=O) groups excluding carboxylic acids is 1. The number of hydrogen-bond donors (Lipinski definition) is 2. The van der Waals surface area contributed by atoms with Crippen LogP contribution in [0.4, 0.5) is 0 Å². The van der Waals surface area contributed by atoms with E-state index < -0.39 is 0 Å². The Balaban J connectivity index is 2.09. The van der Waals surface area contributed by atoms with Crippen molar-refractivity contribution < 1.29 is 4.79 Å². The van der Waals surface area contributed by atoms with Crippen molar-refractivity contribution in [1.29, 1.82) is 0 Å². The third-order valence-electron chi connectivity index (χ3n) is 2.58. The number of rotatable bonds is 5. The molecule has 0 unspecified atom stereocenters. The van der Waals surface area contributed by atoms with E-state index in [2.05, 4.69) is 23.8 Å². The molecule has 0 aromatic carbocycles. The summed E-state index contributed by atoms with van der Waals surface area (Å²) >= 11 is 1.78. The third-order valence-corrected chi connectivity index (χ3v) is 3.55. The topological polar surface area (TPSA) is 41.1 Å².